The molecule has 0 radical (unpaired) electrons. The third-order valence-corrected chi connectivity index (χ3v) is 4.58. The molecule has 0 fully saturated rings. The Hall–Kier alpha value is -2.54. The van der Waals surface area contributed by atoms with Crippen molar-refractivity contribution in [1.29, 1.82) is 0 Å². The standard InChI is InChI=1S/C17H12BrFN2O3/c1-9-7-10(5-6-12(9)18)20-14(22)8-21-16(23)11-3-2-4-13(19)15(11)17(21)24/h2-7H,8H2,1H3,(H,20,22). The predicted molar refractivity (Wildman–Crippen MR) is 89.3 cm³/mol. The van der Waals surface area contributed by atoms with E-state index in [0.29, 0.717) is 5.69 Å². The molecule has 0 atom stereocenters. The average molecular weight is 391 g/mol. The molecule has 0 bridgehead atoms. The Morgan fingerprint density at radius 1 is 1.21 bits per heavy atom. The molecule has 0 spiro atoms. The second-order valence-corrected chi connectivity index (χ2v) is 6.23. The summed E-state index contributed by atoms with van der Waals surface area (Å²) in [5.74, 6) is -2.77. The summed E-state index contributed by atoms with van der Waals surface area (Å²) in [6, 6.07) is 9.06. The Morgan fingerprint density at radius 2 is 1.96 bits per heavy atom. The molecule has 122 valence electrons. The van der Waals surface area contributed by atoms with E-state index < -0.39 is 30.1 Å². The zero-order chi connectivity index (χ0) is 17.4. The number of halogens is 2. The minimum absolute atomic E-state index is 0.0210. The van der Waals surface area contributed by atoms with E-state index in [0.717, 1.165) is 21.0 Å². The summed E-state index contributed by atoms with van der Waals surface area (Å²) in [6.07, 6.45) is 0. The third kappa shape index (κ3) is 2.82. The molecular formula is C17H12BrFN2O3. The number of rotatable bonds is 3. The maximum Gasteiger partial charge on any atom is 0.265 e. The Balaban J connectivity index is 1.76. The minimum Gasteiger partial charge on any atom is -0.325 e. The second-order valence-electron chi connectivity index (χ2n) is 5.37. The van der Waals surface area contributed by atoms with Gasteiger partial charge in [0.25, 0.3) is 11.8 Å². The van der Waals surface area contributed by atoms with Crippen LogP contribution in [-0.2, 0) is 4.79 Å². The summed E-state index contributed by atoms with van der Waals surface area (Å²) in [5, 5.41) is 2.62. The van der Waals surface area contributed by atoms with E-state index in [-0.39, 0.29) is 11.1 Å². The van der Waals surface area contributed by atoms with Crippen LogP contribution in [0.2, 0.25) is 0 Å². The van der Waals surface area contributed by atoms with E-state index in [9.17, 15) is 18.8 Å². The fourth-order valence-electron chi connectivity index (χ4n) is 2.50. The summed E-state index contributed by atoms with van der Waals surface area (Å²) in [6.45, 7) is 1.40. The van der Waals surface area contributed by atoms with Gasteiger partial charge in [-0.15, -0.1) is 0 Å². The summed E-state index contributed by atoms with van der Waals surface area (Å²) in [4.78, 5) is 37.3. The zero-order valence-electron chi connectivity index (χ0n) is 12.6. The number of hydrogen-bond acceptors (Lipinski definition) is 3. The Bertz CT molecular complexity index is 882. The highest BCUT2D eigenvalue weighted by Gasteiger charge is 2.38. The van der Waals surface area contributed by atoms with Crippen molar-refractivity contribution >= 4 is 39.3 Å². The van der Waals surface area contributed by atoms with Crippen LogP contribution in [0.3, 0.4) is 0 Å². The van der Waals surface area contributed by atoms with Gasteiger partial charge in [0, 0.05) is 10.2 Å². The van der Waals surface area contributed by atoms with Crippen LogP contribution in [0.15, 0.2) is 40.9 Å². The van der Waals surface area contributed by atoms with Crippen LogP contribution in [0.1, 0.15) is 26.3 Å². The van der Waals surface area contributed by atoms with E-state index in [4.69, 9.17) is 0 Å². The highest BCUT2D eigenvalue weighted by molar-refractivity contribution is 9.10. The van der Waals surface area contributed by atoms with E-state index >= 15 is 0 Å². The molecule has 2 aromatic rings. The van der Waals surface area contributed by atoms with Crippen LogP contribution in [0.5, 0.6) is 0 Å². The quantitative estimate of drug-likeness (QED) is 0.818. The molecule has 0 aromatic heterocycles. The van der Waals surface area contributed by atoms with Crippen LogP contribution < -0.4 is 5.32 Å². The Kier molecular flexibility index (Phi) is 4.19. The number of carbonyl (C=O) groups is 3. The Labute approximate surface area is 145 Å². The van der Waals surface area contributed by atoms with Gasteiger partial charge in [-0.2, -0.15) is 0 Å². The number of fused-ring (bicyclic) bond motifs is 1. The summed E-state index contributed by atoms with van der Waals surface area (Å²) in [7, 11) is 0. The number of amides is 3. The van der Waals surface area contributed by atoms with Crippen molar-refractivity contribution in [2.75, 3.05) is 11.9 Å². The molecule has 1 aliphatic rings. The van der Waals surface area contributed by atoms with Gasteiger partial charge in [-0.05, 0) is 42.8 Å². The predicted octanol–water partition coefficient (Wildman–Crippen LogP) is 3.13. The van der Waals surface area contributed by atoms with Gasteiger partial charge in [0.15, 0.2) is 0 Å². The molecule has 2 aromatic carbocycles. The molecule has 3 amide bonds. The highest BCUT2D eigenvalue weighted by atomic mass is 79.9. The number of imide groups is 1. The van der Waals surface area contributed by atoms with Gasteiger partial charge in [-0.1, -0.05) is 22.0 Å². The normalized spacial score (nSPS) is 13.2. The van der Waals surface area contributed by atoms with Crippen molar-refractivity contribution in [1.82, 2.24) is 4.90 Å². The van der Waals surface area contributed by atoms with Crippen LogP contribution in [0.4, 0.5) is 10.1 Å². The first-order valence-electron chi connectivity index (χ1n) is 7.09. The number of hydrogen-bond donors (Lipinski definition) is 1. The van der Waals surface area contributed by atoms with Crippen LogP contribution in [-0.4, -0.2) is 29.2 Å². The van der Waals surface area contributed by atoms with Gasteiger partial charge >= 0.3 is 0 Å². The summed E-state index contributed by atoms with van der Waals surface area (Å²) < 4.78 is 14.6. The molecule has 1 heterocycles. The van der Waals surface area contributed by atoms with Crippen LogP contribution in [0, 0.1) is 12.7 Å². The largest absolute Gasteiger partial charge is 0.325 e. The first kappa shape index (κ1) is 16.3. The lowest BCUT2D eigenvalue weighted by Gasteiger charge is -2.14. The van der Waals surface area contributed by atoms with Crippen molar-refractivity contribution in [3.05, 3.63) is 63.4 Å². The molecule has 0 saturated heterocycles. The molecule has 0 aliphatic carbocycles. The first-order chi connectivity index (χ1) is 11.4. The van der Waals surface area contributed by atoms with Crippen molar-refractivity contribution < 1.29 is 18.8 Å². The molecule has 1 N–H and O–H groups in total. The number of anilines is 1. The maximum absolute atomic E-state index is 13.7. The molecule has 24 heavy (non-hydrogen) atoms. The molecule has 7 heteroatoms. The lowest BCUT2D eigenvalue weighted by atomic mass is 10.1. The molecule has 1 aliphatic heterocycles. The molecule has 0 unspecified atom stereocenters. The lowest BCUT2D eigenvalue weighted by Crippen LogP contribution is -2.37. The summed E-state index contributed by atoms with van der Waals surface area (Å²) in [5.41, 5.74) is 1.17. The number of nitrogens with one attached hydrogen (secondary N) is 1. The number of benzene rings is 2. The van der Waals surface area contributed by atoms with E-state index in [1.165, 1.54) is 12.1 Å². The van der Waals surface area contributed by atoms with Crippen molar-refractivity contribution in [2.45, 2.75) is 6.92 Å². The highest BCUT2D eigenvalue weighted by Crippen LogP contribution is 2.25. The summed E-state index contributed by atoms with van der Waals surface area (Å²) >= 11 is 3.36. The topological polar surface area (TPSA) is 66.5 Å². The second kappa shape index (κ2) is 6.16. The van der Waals surface area contributed by atoms with Crippen molar-refractivity contribution in [3.63, 3.8) is 0 Å². The minimum atomic E-state index is -0.796. The van der Waals surface area contributed by atoms with Crippen LogP contribution >= 0.6 is 15.9 Å². The fourth-order valence-corrected chi connectivity index (χ4v) is 2.75. The van der Waals surface area contributed by atoms with Gasteiger partial charge in [0.05, 0.1) is 11.1 Å². The van der Waals surface area contributed by atoms with E-state index in [1.54, 1.807) is 18.2 Å². The smallest absolute Gasteiger partial charge is 0.265 e. The van der Waals surface area contributed by atoms with E-state index in [2.05, 4.69) is 21.2 Å². The average Bonchev–Trinajstić information content (AvgIpc) is 2.77. The molecular weight excluding hydrogens is 379 g/mol. The Morgan fingerprint density at radius 3 is 2.62 bits per heavy atom. The molecule has 3 rings (SSSR count). The number of nitrogens with zero attached hydrogens (tertiary/aromatic N) is 1. The van der Waals surface area contributed by atoms with Gasteiger partial charge in [0.2, 0.25) is 5.91 Å². The van der Waals surface area contributed by atoms with Crippen LogP contribution in [0.25, 0.3) is 0 Å². The van der Waals surface area contributed by atoms with Gasteiger partial charge in [-0.3, -0.25) is 19.3 Å². The van der Waals surface area contributed by atoms with Crippen molar-refractivity contribution in [2.24, 2.45) is 0 Å². The maximum atomic E-state index is 13.7. The number of carbonyl (C=O) groups excluding carboxylic acids is 3. The molecule has 0 saturated carbocycles. The van der Waals surface area contributed by atoms with E-state index in [1.807, 2.05) is 6.92 Å². The fraction of sp³-hybridized carbons (Fsp3) is 0.118. The van der Waals surface area contributed by atoms with Gasteiger partial charge in [0.1, 0.15) is 12.4 Å². The SMILES string of the molecule is Cc1cc(NC(=O)CN2C(=O)c3cccc(F)c3C2=O)ccc1Br. The first-order valence-corrected chi connectivity index (χ1v) is 7.88. The van der Waals surface area contributed by atoms with Gasteiger partial charge in [-0.25, -0.2) is 4.39 Å². The number of aryl methyl sites for hydroxylation is 1. The monoisotopic (exact) mass is 390 g/mol. The molecule has 5 nitrogen and oxygen atoms in total. The third-order valence-electron chi connectivity index (χ3n) is 3.69. The lowest BCUT2D eigenvalue weighted by molar-refractivity contribution is -0.116. The van der Waals surface area contributed by atoms with Gasteiger partial charge < -0.3 is 5.32 Å². The van der Waals surface area contributed by atoms with Crippen molar-refractivity contribution in [3.8, 4) is 0 Å². The zero-order valence-corrected chi connectivity index (χ0v) is 14.2.